The van der Waals surface area contributed by atoms with Crippen molar-refractivity contribution < 1.29 is 9.53 Å². The van der Waals surface area contributed by atoms with Crippen LogP contribution in [-0.4, -0.2) is 28.6 Å². The van der Waals surface area contributed by atoms with Gasteiger partial charge in [-0.15, -0.1) is 0 Å². The first-order valence-corrected chi connectivity index (χ1v) is 5.55. The standard InChI is InChI=1S/C11H17N3O2/c1-4-16-10(15)11(3)9-8(12-6-13-9)5-7(2)14-11/h6-7,14H,4-5H2,1-3H3,(H,12,13)/t7-,11-/m1/s1. The molecule has 88 valence electrons. The maximum absolute atomic E-state index is 12.0. The lowest BCUT2D eigenvalue weighted by molar-refractivity contribution is -0.151. The Morgan fingerprint density at radius 3 is 3.19 bits per heavy atom. The van der Waals surface area contributed by atoms with E-state index < -0.39 is 5.54 Å². The molecule has 2 N–H and O–H groups in total. The average Bonchev–Trinajstić information content (AvgIpc) is 2.66. The van der Waals surface area contributed by atoms with Crippen LogP contribution in [0.15, 0.2) is 6.33 Å². The minimum Gasteiger partial charge on any atom is -0.464 e. The first-order valence-electron chi connectivity index (χ1n) is 5.55. The van der Waals surface area contributed by atoms with E-state index in [0.717, 1.165) is 17.8 Å². The molecule has 16 heavy (non-hydrogen) atoms. The maximum atomic E-state index is 12.0. The van der Waals surface area contributed by atoms with Crippen LogP contribution in [0.5, 0.6) is 0 Å². The molecule has 0 bridgehead atoms. The van der Waals surface area contributed by atoms with E-state index in [1.165, 1.54) is 0 Å². The molecule has 2 rings (SSSR count). The van der Waals surface area contributed by atoms with Crippen molar-refractivity contribution >= 4 is 5.97 Å². The Kier molecular flexibility index (Phi) is 2.71. The Morgan fingerprint density at radius 2 is 2.50 bits per heavy atom. The second kappa shape index (κ2) is 3.90. The van der Waals surface area contributed by atoms with Gasteiger partial charge >= 0.3 is 5.97 Å². The molecule has 0 radical (unpaired) electrons. The van der Waals surface area contributed by atoms with Crippen molar-refractivity contribution in [2.75, 3.05) is 6.61 Å². The van der Waals surface area contributed by atoms with E-state index in [1.54, 1.807) is 13.3 Å². The number of H-pyrrole nitrogens is 1. The van der Waals surface area contributed by atoms with E-state index in [-0.39, 0.29) is 12.0 Å². The third kappa shape index (κ3) is 1.61. The molecule has 2 heterocycles. The van der Waals surface area contributed by atoms with Crippen molar-refractivity contribution in [2.45, 2.75) is 38.8 Å². The predicted octanol–water partition coefficient (Wildman–Crippen LogP) is 0.722. The second-order valence-electron chi connectivity index (χ2n) is 4.32. The summed E-state index contributed by atoms with van der Waals surface area (Å²) in [5.74, 6) is -0.269. The Morgan fingerprint density at radius 1 is 1.75 bits per heavy atom. The molecular weight excluding hydrogens is 206 g/mol. The fraction of sp³-hybridized carbons (Fsp3) is 0.636. The molecule has 1 aromatic heterocycles. The Bertz CT molecular complexity index is 402. The molecule has 1 aliphatic heterocycles. The van der Waals surface area contributed by atoms with Gasteiger partial charge in [-0.05, 0) is 20.8 Å². The van der Waals surface area contributed by atoms with Gasteiger partial charge in [0.25, 0.3) is 0 Å². The summed E-state index contributed by atoms with van der Waals surface area (Å²) in [6, 6.07) is 0.224. The number of nitrogens with one attached hydrogen (secondary N) is 2. The minimum absolute atomic E-state index is 0.224. The normalized spacial score (nSPS) is 28.6. The van der Waals surface area contributed by atoms with Crippen LogP contribution in [0.2, 0.25) is 0 Å². The molecule has 0 saturated carbocycles. The second-order valence-corrected chi connectivity index (χ2v) is 4.32. The van der Waals surface area contributed by atoms with Gasteiger partial charge in [0.15, 0.2) is 5.54 Å². The van der Waals surface area contributed by atoms with Gasteiger partial charge in [0.1, 0.15) is 0 Å². The van der Waals surface area contributed by atoms with Crippen LogP contribution in [0.1, 0.15) is 32.2 Å². The van der Waals surface area contributed by atoms with Gasteiger partial charge in [0, 0.05) is 18.2 Å². The topological polar surface area (TPSA) is 67.0 Å². The highest BCUT2D eigenvalue weighted by molar-refractivity contribution is 5.82. The number of carbonyl (C=O) groups is 1. The Hall–Kier alpha value is -1.36. The molecule has 0 amide bonds. The van der Waals surface area contributed by atoms with Crippen LogP contribution in [0, 0.1) is 0 Å². The number of rotatable bonds is 2. The molecule has 0 spiro atoms. The minimum atomic E-state index is -0.830. The van der Waals surface area contributed by atoms with Crippen molar-refractivity contribution in [1.82, 2.24) is 15.3 Å². The zero-order chi connectivity index (χ0) is 11.8. The quantitative estimate of drug-likeness (QED) is 0.725. The summed E-state index contributed by atoms with van der Waals surface area (Å²) < 4.78 is 5.10. The van der Waals surface area contributed by atoms with E-state index >= 15 is 0 Å². The molecule has 0 aromatic carbocycles. The number of nitrogens with zero attached hydrogens (tertiary/aromatic N) is 1. The SMILES string of the molecule is CCOC(=O)[C@]1(C)N[C@H](C)Cc2[nH]cnc21. The number of hydrogen-bond acceptors (Lipinski definition) is 4. The number of carbonyl (C=O) groups excluding carboxylic acids is 1. The van der Waals surface area contributed by atoms with Gasteiger partial charge in [0.05, 0.1) is 18.6 Å². The lowest BCUT2D eigenvalue weighted by Crippen LogP contribution is -2.55. The third-order valence-corrected chi connectivity index (χ3v) is 2.92. The van der Waals surface area contributed by atoms with Crippen molar-refractivity contribution in [2.24, 2.45) is 0 Å². The van der Waals surface area contributed by atoms with Crippen LogP contribution >= 0.6 is 0 Å². The number of ether oxygens (including phenoxy) is 1. The molecule has 1 aliphatic rings. The average molecular weight is 223 g/mol. The summed E-state index contributed by atoms with van der Waals surface area (Å²) in [6.45, 7) is 6.05. The first-order chi connectivity index (χ1) is 7.58. The summed E-state index contributed by atoms with van der Waals surface area (Å²) >= 11 is 0. The summed E-state index contributed by atoms with van der Waals surface area (Å²) in [4.78, 5) is 19.3. The number of aromatic amines is 1. The van der Waals surface area contributed by atoms with Crippen molar-refractivity contribution in [3.63, 3.8) is 0 Å². The smallest absolute Gasteiger partial charge is 0.332 e. The number of imidazole rings is 1. The van der Waals surface area contributed by atoms with Gasteiger partial charge in [-0.1, -0.05) is 0 Å². The molecule has 5 heteroatoms. The number of fused-ring (bicyclic) bond motifs is 1. The van der Waals surface area contributed by atoms with E-state index in [2.05, 4.69) is 15.3 Å². The highest BCUT2D eigenvalue weighted by Gasteiger charge is 2.44. The van der Waals surface area contributed by atoms with Crippen molar-refractivity contribution in [1.29, 1.82) is 0 Å². The van der Waals surface area contributed by atoms with Crippen LogP contribution in [-0.2, 0) is 21.5 Å². The fourth-order valence-electron chi connectivity index (χ4n) is 2.26. The molecular formula is C11H17N3O2. The Labute approximate surface area is 94.6 Å². The predicted molar refractivity (Wildman–Crippen MR) is 58.9 cm³/mol. The molecule has 2 atom stereocenters. The monoisotopic (exact) mass is 223 g/mol. The van der Waals surface area contributed by atoms with Gasteiger partial charge < -0.3 is 9.72 Å². The molecule has 0 fully saturated rings. The fourth-order valence-corrected chi connectivity index (χ4v) is 2.26. The van der Waals surface area contributed by atoms with Gasteiger partial charge in [-0.2, -0.15) is 0 Å². The van der Waals surface area contributed by atoms with Crippen molar-refractivity contribution in [3.8, 4) is 0 Å². The Balaban J connectivity index is 2.38. The summed E-state index contributed by atoms with van der Waals surface area (Å²) in [5, 5.41) is 3.26. The summed E-state index contributed by atoms with van der Waals surface area (Å²) in [6.07, 6.45) is 2.48. The van der Waals surface area contributed by atoms with Gasteiger partial charge in [0.2, 0.25) is 0 Å². The number of aromatic nitrogens is 2. The molecule has 5 nitrogen and oxygen atoms in total. The van der Waals surface area contributed by atoms with Crippen LogP contribution in [0.3, 0.4) is 0 Å². The van der Waals surface area contributed by atoms with Crippen LogP contribution in [0.25, 0.3) is 0 Å². The van der Waals surface area contributed by atoms with E-state index in [1.807, 2.05) is 13.8 Å². The molecule has 0 saturated heterocycles. The first kappa shape index (κ1) is 11.1. The van der Waals surface area contributed by atoms with Crippen LogP contribution < -0.4 is 5.32 Å². The lowest BCUT2D eigenvalue weighted by Gasteiger charge is -2.35. The third-order valence-electron chi connectivity index (χ3n) is 2.92. The van der Waals surface area contributed by atoms with Crippen LogP contribution in [0.4, 0.5) is 0 Å². The summed E-state index contributed by atoms with van der Waals surface area (Å²) in [7, 11) is 0. The largest absolute Gasteiger partial charge is 0.464 e. The number of hydrogen-bond donors (Lipinski definition) is 2. The summed E-state index contributed by atoms with van der Waals surface area (Å²) in [5.41, 5.74) is 0.939. The zero-order valence-corrected chi connectivity index (χ0v) is 9.83. The zero-order valence-electron chi connectivity index (χ0n) is 9.83. The lowest BCUT2D eigenvalue weighted by atomic mass is 9.88. The van der Waals surface area contributed by atoms with E-state index in [9.17, 15) is 4.79 Å². The molecule has 0 unspecified atom stereocenters. The highest BCUT2D eigenvalue weighted by atomic mass is 16.5. The number of esters is 1. The van der Waals surface area contributed by atoms with E-state index in [0.29, 0.717) is 6.61 Å². The molecule has 0 aliphatic carbocycles. The maximum Gasteiger partial charge on any atom is 0.332 e. The van der Waals surface area contributed by atoms with Gasteiger partial charge in [-0.3, -0.25) is 5.32 Å². The highest BCUT2D eigenvalue weighted by Crippen LogP contribution is 2.29. The molecule has 1 aromatic rings. The van der Waals surface area contributed by atoms with Crippen molar-refractivity contribution in [3.05, 3.63) is 17.7 Å². The van der Waals surface area contributed by atoms with Gasteiger partial charge in [-0.25, -0.2) is 9.78 Å². The van der Waals surface area contributed by atoms with E-state index in [4.69, 9.17) is 4.74 Å².